The lowest BCUT2D eigenvalue weighted by molar-refractivity contribution is -0.191. The first-order chi connectivity index (χ1) is 13.9. The quantitative estimate of drug-likeness (QED) is 0.669. The largest absolute Gasteiger partial charge is 0.490 e. The first-order valence-corrected chi connectivity index (χ1v) is 11.4. The zero-order valence-electron chi connectivity index (χ0n) is 18.2. The molecule has 156 valence electrons. The van der Waals surface area contributed by atoms with Crippen LogP contribution in [0.15, 0.2) is 36.4 Å². The third-order valence-electron chi connectivity index (χ3n) is 7.42. The predicted octanol–water partition coefficient (Wildman–Crippen LogP) is 5.66. The molecule has 1 spiro atoms. The second-order valence-corrected chi connectivity index (χ2v) is 10.9. The van der Waals surface area contributed by atoms with E-state index in [0.717, 1.165) is 31.4 Å². The molecule has 2 heterocycles. The lowest BCUT2D eigenvalue weighted by atomic mass is 9.72. The van der Waals surface area contributed by atoms with Gasteiger partial charge in [0.1, 0.15) is 5.75 Å². The summed E-state index contributed by atoms with van der Waals surface area (Å²) in [6.07, 6.45) is 5.31. The molecule has 0 bridgehead atoms. The second kappa shape index (κ2) is 7.28. The minimum Gasteiger partial charge on any atom is -0.490 e. The Balaban J connectivity index is 1.19. The highest BCUT2D eigenvalue weighted by atomic mass is 16.5. The van der Waals surface area contributed by atoms with Gasteiger partial charge in [0.15, 0.2) is 0 Å². The molecule has 2 aliphatic heterocycles. The Morgan fingerprint density at radius 3 is 2.31 bits per heavy atom. The molecule has 2 saturated heterocycles. The molecule has 1 saturated carbocycles. The van der Waals surface area contributed by atoms with Gasteiger partial charge in [-0.05, 0) is 71.6 Å². The molecule has 0 aromatic heterocycles. The van der Waals surface area contributed by atoms with Crippen molar-refractivity contribution < 1.29 is 9.47 Å². The average Bonchev–Trinajstić information content (AvgIpc) is 2.62. The number of hydrogen-bond donors (Lipinski definition) is 0. The Hall–Kier alpha value is -1.58. The van der Waals surface area contributed by atoms with Crippen LogP contribution in [0.2, 0.25) is 0 Å². The Labute approximate surface area is 175 Å². The van der Waals surface area contributed by atoms with Gasteiger partial charge in [0.05, 0.1) is 19.3 Å². The topological polar surface area (TPSA) is 21.7 Å². The summed E-state index contributed by atoms with van der Waals surface area (Å²) in [5.41, 5.74) is 2.32. The molecule has 3 nitrogen and oxygen atoms in total. The number of hydrogen-bond acceptors (Lipinski definition) is 3. The van der Waals surface area contributed by atoms with Crippen LogP contribution in [0.3, 0.4) is 0 Å². The van der Waals surface area contributed by atoms with Crippen molar-refractivity contribution in [2.24, 2.45) is 16.7 Å². The van der Waals surface area contributed by atoms with E-state index in [1.807, 2.05) is 0 Å². The van der Waals surface area contributed by atoms with Crippen molar-refractivity contribution in [2.75, 3.05) is 26.3 Å². The van der Waals surface area contributed by atoms with Gasteiger partial charge in [-0.25, -0.2) is 0 Å². The molecule has 3 fully saturated rings. The number of fused-ring (bicyclic) bond motifs is 1. The highest BCUT2D eigenvalue weighted by molar-refractivity contribution is 5.84. The Bertz CT molecular complexity index is 864. The summed E-state index contributed by atoms with van der Waals surface area (Å²) < 4.78 is 11.8. The van der Waals surface area contributed by atoms with E-state index in [2.05, 4.69) is 62.1 Å². The van der Waals surface area contributed by atoms with Crippen LogP contribution >= 0.6 is 0 Å². The van der Waals surface area contributed by atoms with Crippen LogP contribution in [-0.4, -0.2) is 37.3 Å². The molecule has 0 atom stereocenters. The number of nitrogens with zero attached hydrogens (tertiary/aromatic N) is 1. The SMILES string of the molecule is CC(C)(C)[C@H]1CC[C@H](Oc2ccc3cc(CN4CC5(COC5)C4)ccc3c2)CC1. The fourth-order valence-electron chi connectivity index (χ4n) is 5.53. The van der Waals surface area contributed by atoms with Crippen LogP contribution in [0.1, 0.15) is 52.0 Å². The van der Waals surface area contributed by atoms with Gasteiger partial charge in [-0.3, -0.25) is 4.90 Å². The van der Waals surface area contributed by atoms with E-state index in [1.165, 1.54) is 55.1 Å². The molecule has 2 aromatic rings. The van der Waals surface area contributed by atoms with Gasteiger partial charge in [-0.1, -0.05) is 39.0 Å². The molecule has 29 heavy (non-hydrogen) atoms. The first kappa shape index (κ1) is 19.4. The zero-order valence-corrected chi connectivity index (χ0v) is 18.2. The van der Waals surface area contributed by atoms with Crippen LogP contribution < -0.4 is 4.74 Å². The molecule has 0 radical (unpaired) electrons. The molecule has 0 unspecified atom stereocenters. The summed E-state index contributed by atoms with van der Waals surface area (Å²) in [5, 5.41) is 2.59. The number of benzene rings is 2. The smallest absolute Gasteiger partial charge is 0.120 e. The maximum atomic E-state index is 6.37. The third-order valence-corrected chi connectivity index (χ3v) is 7.42. The van der Waals surface area contributed by atoms with Crippen molar-refractivity contribution >= 4 is 10.8 Å². The summed E-state index contributed by atoms with van der Waals surface area (Å²) >= 11 is 0. The fourth-order valence-corrected chi connectivity index (χ4v) is 5.53. The van der Waals surface area contributed by atoms with E-state index in [9.17, 15) is 0 Å². The zero-order chi connectivity index (χ0) is 20.1. The summed E-state index contributed by atoms with van der Waals surface area (Å²) in [6.45, 7) is 12.5. The molecular weight excluding hydrogens is 358 g/mol. The minimum absolute atomic E-state index is 0.375. The number of ether oxygens (including phenoxy) is 2. The molecule has 2 aromatic carbocycles. The Morgan fingerprint density at radius 2 is 1.66 bits per heavy atom. The van der Waals surface area contributed by atoms with Crippen molar-refractivity contribution in [1.82, 2.24) is 4.90 Å². The van der Waals surface area contributed by atoms with Gasteiger partial charge >= 0.3 is 0 Å². The van der Waals surface area contributed by atoms with Crippen molar-refractivity contribution in [3.63, 3.8) is 0 Å². The number of rotatable bonds is 4. The summed E-state index contributed by atoms with van der Waals surface area (Å²) in [7, 11) is 0. The van der Waals surface area contributed by atoms with E-state index in [1.54, 1.807) is 0 Å². The van der Waals surface area contributed by atoms with Crippen molar-refractivity contribution in [2.45, 2.75) is 59.1 Å². The highest BCUT2D eigenvalue weighted by Gasteiger charge is 2.48. The Kier molecular flexibility index (Phi) is 4.87. The fraction of sp³-hybridized carbons (Fsp3) is 0.615. The molecule has 3 heteroatoms. The lowest BCUT2D eigenvalue weighted by Gasteiger charge is -2.55. The molecule has 5 rings (SSSR count). The van der Waals surface area contributed by atoms with Gasteiger partial charge in [0, 0.05) is 25.0 Å². The second-order valence-electron chi connectivity index (χ2n) is 10.9. The molecule has 0 amide bonds. The van der Waals surface area contributed by atoms with Gasteiger partial charge in [-0.15, -0.1) is 0 Å². The predicted molar refractivity (Wildman–Crippen MR) is 118 cm³/mol. The monoisotopic (exact) mass is 393 g/mol. The van der Waals surface area contributed by atoms with Gasteiger partial charge in [0.25, 0.3) is 0 Å². The van der Waals surface area contributed by atoms with Crippen molar-refractivity contribution in [3.05, 3.63) is 42.0 Å². The van der Waals surface area contributed by atoms with Crippen molar-refractivity contribution in [1.29, 1.82) is 0 Å². The van der Waals surface area contributed by atoms with Gasteiger partial charge < -0.3 is 9.47 Å². The first-order valence-electron chi connectivity index (χ1n) is 11.4. The van der Waals surface area contributed by atoms with E-state index < -0.39 is 0 Å². The molecule has 3 aliphatic rings. The van der Waals surface area contributed by atoms with E-state index in [-0.39, 0.29) is 0 Å². The maximum Gasteiger partial charge on any atom is 0.120 e. The average molecular weight is 394 g/mol. The lowest BCUT2D eigenvalue weighted by Crippen LogP contribution is -2.65. The van der Waals surface area contributed by atoms with Crippen LogP contribution in [-0.2, 0) is 11.3 Å². The third kappa shape index (κ3) is 4.04. The van der Waals surface area contributed by atoms with Gasteiger partial charge in [0.2, 0.25) is 0 Å². The normalized spacial score (nSPS) is 26.9. The maximum absolute atomic E-state index is 6.37. The standard InChI is InChI=1S/C26H35NO2/c1-25(2,3)22-7-10-23(11-8-22)29-24-9-6-20-12-19(4-5-21(20)13-24)14-27-15-26(16-27)17-28-18-26/h4-6,9,12-13,22-23H,7-8,10-11,14-18H2,1-3H3/t22-,23-. The van der Waals surface area contributed by atoms with Crippen LogP contribution in [0.25, 0.3) is 10.8 Å². The number of likely N-dealkylation sites (tertiary alicyclic amines) is 1. The van der Waals surface area contributed by atoms with Crippen molar-refractivity contribution in [3.8, 4) is 5.75 Å². The molecule has 0 N–H and O–H groups in total. The van der Waals surface area contributed by atoms with Crippen LogP contribution in [0, 0.1) is 16.7 Å². The molecular formula is C26H35NO2. The van der Waals surface area contributed by atoms with E-state index in [4.69, 9.17) is 9.47 Å². The van der Waals surface area contributed by atoms with Crippen LogP contribution in [0.4, 0.5) is 0 Å². The summed E-state index contributed by atoms with van der Waals surface area (Å²) in [5.74, 6) is 1.86. The Morgan fingerprint density at radius 1 is 0.966 bits per heavy atom. The van der Waals surface area contributed by atoms with E-state index >= 15 is 0 Å². The minimum atomic E-state index is 0.375. The summed E-state index contributed by atoms with van der Waals surface area (Å²) in [4.78, 5) is 2.54. The molecule has 1 aliphatic carbocycles. The van der Waals surface area contributed by atoms with E-state index in [0.29, 0.717) is 16.9 Å². The highest BCUT2D eigenvalue weighted by Crippen LogP contribution is 2.40. The summed E-state index contributed by atoms with van der Waals surface area (Å²) in [6, 6.07) is 13.5. The van der Waals surface area contributed by atoms with Crippen LogP contribution in [0.5, 0.6) is 5.75 Å². The van der Waals surface area contributed by atoms with Gasteiger partial charge in [-0.2, -0.15) is 0 Å².